The van der Waals surface area contributed by atoms with Crippen LogP contribution >= 0.6 is 0 Å². The SMILES string of the molecule is Cn1ccn2nc(C3CCC3)c(C(N)=O)c12. The van der Waals surface area contributed by atoms with E-state index < -0.39 is 0 Å². The van der Waals surface area contributed by atoms with Crippen LogP contribution in [0, 0.1) is 0 Å². The van der Waals surface area contributed by atoms with Gasteiger partial charge in [-0.25, -0.2) is 4.52 Å². The minimum atomic E-state index is -0.376. The van der Waals surface area contributed by atoms with Crippen LogP contribution in [0.3, 0.4) is 0 Å². The predicted molar refractivity (Wildman–Crippen MR) is 59.3 cm³/mol. The highest BCUT2D eigenvalue weighted by atomic mass is 16.1. The van der Waals surface area contributed by atoms with Gasteiger partial charge in [-0.05, 0) is 12.8 Å². The van der Waals surface area contributed by atoms with Gasteiger partial charge in [-0.1, -0.05) is 6.42 Å². The zero-order valence-corrected chi connectivity index (χ0v) is 9.18. The van der Waals surface area contributed by atoms with Gasteiger partial charge in [0.1, 0.15) is 11.2 Å². The first-order valence-electron chi connectivity index (χ1n) is 5.52. The van der Waals surface area contributed by atoms with Crippen LogP contribution in [0.15, 0.2) is 12.4 Å². The van der Waals surface area contributed by atoms with Crippen molar-refractivity contribution < 1.29 is 4.79 Å². The highest BCUT2D eigenvalue weighted by Crippen LogP contribution is 2.38. The van der Waals surface area contributed by atoms with E-state index in [1.165, 1.54) is 6.42 Å². The Morgan fingerprint density at radius 2 is 2.25 bits per heavy atom. The van der Waals surface area contributed by atoms with Gasteiger partial charge in [0.25, 0.3) is 5.91 Å². The molecule has 0 aromatic carbocycles. The van der Waals surface area contributed by atoms with Gasteiger partial charge in [0, 0.05) is 25.4 Å². The number of amides is 1. The summed E-state index contributed by atoms with van der Waals surface area (Å²) in [5.74, 6) is 0.0427. The number of hydrogen-bond acceptors (Lipinski definition) is 2. The number of primary amides is 1. The Hall–Kier alpha value is -1.78. The third-order valence-corrected chi connectivity index (χ3v) is 3.42. The van der Waals surface area contributed by atoms with Crippen molar-refractivity contribution in [3.8, 4) is 0 Å². The van der Waals surface area contributed by atoms with E-state index in [4.69, 9.17) is 5.73 Å². The number of carbonyl (C=O) groups is 1. The monoisotopic (exact) mass is 218 g/mol. The second kappa shape index (κ2) is 3.10. The predicted octanol–water partition coefficient (Wildman–Crippen LogP) is 1.04. The van der Waals surface area contributed by atoms with Gasteiger partial charge in [0.05, 0.1) is 5.69 Å². The maximum absolute atomic E-state index is 11.5. The van der Waals surface area contributed by atoms with Crippen LogP contribution < -0.4 is 5.73 Å². The summed E-state index contributed by atoms with van der Waals surface area (Å²) < 4.78 is 3.63. The van der Waals surface area contributed by atoms with Crippen molar-refractivity contribution in [2.75, 3.05) is 0 Å². The zero-order valence-electron chi connectivity index (χ0n) is 9.18. The van der Waals surface area contributed by atoms with Crippen molar-refractivity contribution in [3.63, 3.8) is 0 Å². The number of hydrogen-bond donors (Lipinski definition) is 1. The highest BCUT2D eigenvalue weighted by molar-refractivity contribution is 6.00. The summed E-state index contributed by atoms with van der Waals surface area (Å²) in [6, 6.07) is 0. The van der Waals surface area contributed by atoms with Gasteiger partial charge in [-0.3, -0.25) is 4.79 Å². The largest absolute Gasteiger partial charge is 0.365 e. The molecule has 0 atom stereocenters. The fourth-order valence-electron chi connectivity index (χ4n) is 2.32. The molecule has 1 aliphatic rings. The minimum Gasteiger partial charge on any atom is -0.365 e. The molecule has 0 unspecified atom stereocenters. The molecule has 84 valence electrons. The molecule has 5 heteroatoms. The lowest BCUT2D eigenvalue weighted by Crippen LogP contribution is -2.18. The Balaban J connectivity index is 2.26. The fourth-order valence-corrected chi connectivity index (χ4v) is 2.32. The molecular formula is C11H14N4O. The molecule has 1 aliphatic carbocycles. The lowest BCUT2D eigenvalue weighted by atomic mass is 9.81. The van der Waals surface area contributed by atoms with E-state index in [0.717, 1.165) is 24.2 Å². The molecular weight excluding hydrogens is 204 g/mol. The van der Waals surface area contributed by atoms with Gasteiger partial charge < -0.3 is 10.3 Å². The first-order valence-corrected chi connectivity index (χ1v) is 5.52. The highest BCUT2D eigenvalue weighted by Gasteiger charge is 2.29. The van der Waals surface area contributed by atoms with Gasteiger partial charge >= 0.3 is 0 Å². The maximum atomic E-state index is 11.5. The molecule has 0 aliphatic heterocycles. The number of aryl methyl sites for hydroxylation is 1. The van der Waals surface area contributed by atoms with E-state index in [1.54, 1.807) is 4.52 Å². The van der Waals surface area contributed by atoms with Crippen LogP contribution in [0.5, 0.6) is 0 Å². The average Bonchev–Trinajstić information content (AvgIpc) is 2.64. The van der Waals surface area contributed by atoms with E-state index in [9.17, 15) is 4.79 Å². The van der Waals surface area contributed by atoms with Crippen molar-refractivity contribution in [3.05, 3.63) is 23.7 Å². The number of nitrogens with zero attached hydrogens (tertiary/aromatic N) is 3. The third-order valence-electron chi connectivity index (χ3n) is 3.42. The van der Waals surface area contributed by atoms with E-state index >= 15 is 0 Å². The molecule has 0 saturated heterocycles. The van der Waals surface area contributed by atoms with Gasteiger partial charge in [0.15, 0.2) is 0 Å². The molecule has 1 fully saturated rings. The molecule has 2 heterocycles. The molecule has 0 bridgehead atoms. The van der Waals surface area contributed by atoms with Crippen molar-refractivity contribution in [1.82, 2.24) is 14.2 Å². The second-order valence-corrected chi connectivity index (χ2v) is 4.43. The van der Waals surface area contributed by atoms with E-state index in [0.29, 0.717) is 11.5 Å². The molecule has 0 spiro atoms. The molecule has 16 heavy (non-hydrogen) atoms. The number of imidazole rings is 1. The Morgan fingerprint density at radius 3 is 2.81 bits per heavy atom. The molecule has 0 radical (unpaired) electrons. The smallest absolute Gasteiger partial charge is 0.254 e. The Bertz CT molecular complexity index is 562. The summed E-state index contributed by atoms with van der Waals surface area (Å²) >= 11 is 0. The molecule has 5 nitrogen and oxygen atoms in total. The van der Waals surface area contributed by atoms with Crippen LogP contribution in [0.1, 0.15) is 41.2 Å². The summed E-state index contributed by atoms with van der Waals surface area (Å²) in [4.78, 5) is 11.5. The summed E-state index contributed by atoms with van der Waals surface area (Å²) in [5.41, 5.74) is 7.74. The van der Waals surface area contributed by atoms with Crippen molar-refractivity contribution in [1.29, 1.82) is 0 Å². The molecule has 1 saturated carbocycles. The standard InChI is InChI=1S/C11H14N4O/c1-14-5-6-15-11(14)8(10(12)16)9(13-15)7-3-2-4-7/h5-7H,2-4H2,1H3,(H2,12,16). The van der Waals surface area contributed by atoms with Gasteiger partial charge in [-0.2, -0.15) is 5.10 Å². The Kier molecular flexibility index (Phi) is 1.83. The molecule has 2 N–H and O–H groups in total. The Morgan fingerprint density at radius 1 is 1.50 bits per heavy atom. The topological polar surface area (TPSA) is 65.3 Å². The first-order chi connectivity index (χ1) is 7.68. The van der Waals surface area contributed by atoms with Crippen molar-refractivity contribution in [2.45, 2.75) is 25.2 Å². The average molecular weight is 218 g/mol. The van der Waals surface area contributed by atoms with E-state index in [2.05, 4.69) is 5.10 Å². The minimum absolute atomic E-state index is 0.376. The normalized spacial score (nSPS) is 16.6. The quantitative estimate of drug-likeness (QED) is 0.818. The first kappa shape index (κ1) is 9.45. The summed E-state index contributed by atoms with van der Waals surface area (Å²) in [6.45, 7) is 0. The lowest BCUT2D eigenvalue weighted by Gasteiger charge is -2.23. The molecule has 1 amide bonds. The van der Waals surface area contributed by atoms with Crippen LogP contribution in [-0.2, 0) is 7.05 Å². The maximum Gasteiger partial charge on any atom is 0.254 e. The molecule has 2 aromatic rings. The van der Waals surface area contributed by atoms with Gasteiger partial charge in [-0.15, -0.1) is 0 Å². The van der Waals surface area contributed by atoms with Crippen molar-refractivity contribution >= 4 is 11.6 Å². The van der Waals surface area contributed by atoms with E-state index in [1.807, 2.05) is 24.0 Å². The number of aromatic nitrogens is 3. The van der Waals surface area contributed by atoms with Crippen LogP contribution in [-0.4, -0.2) is 20.1 Å². The second-order valence-electron chi connectivity index (χ2n) is 4.43. The lowest BCUT2D eigenvalue weighted by molar-refractivity contribution is 0.0999. The number of carbonyl (C=O) groups excluding carboxylic acids is 1. The third kappa shape index (κ3) is 1.11. The summed E-state index contributed by atoms with van der Waals surface area (Å²) in [5, 5.41) is 4.47. The van der Waals surface area contributed by atoms with Crippen LogP contribution in [0.25, 0.3) is 5.65 Å². The zero-order chi connectivity index (χ0) is 11.3. The van der Waals surface area contributed by atoms with Crippen LogP contribution in [0.4, 0.5) is 0 Å². The van der Waals surface area contributed by atoms with Crippen LogP contribution in [0.2, 0.25) is 0 Å². The van der Waals surface area contributed by atoms with Crippen molar-refractivity contribution in [2.24, 2.45) is 12.8 Å². The molecule has 3 rings (SSSR count). The van der Waals surface area contributed by atoms with E-state index in [-0.39, 0.29) is 5.91 Å². The number of fused-ring (bicyclic) bond motifs is 1. The summed E-state index contributed by atoms with van der Waals surface area (Å²) in [7, 11) is 1.90. The Labute approximate surface area is 92.8 Å². The number of rotatable bonds is 2. The fraction of sp³-hybridized carbons (Fsp3) is 0.455. The number of nitrogens with two attached hydrogens (primary N) is 1. The summed E-state index contributed by atoms with van der Waals surface area (Å²) in [6.07, 6.45) is 7.17. The van der Waals surface area contributed by atoms with Gasteiger partial charge in [0.2, 0.25) is 0 Å². The molecule has 2 aromatic heterocycles.